The molecular weight excluding hydrogens is 340 g/mol. The molecule has 0 amide bonds. The summed E-state index contributed by atoms with van der Waals surface area (Å²) in [6.45, 7) is 2.14. The number of nitrogens with one attached hydrogen (secondary N) is 1. The van der Waals surface area contributed by atoms with Gasteiger partial charge in [0.25, 0.3) is 0 Å². The molecule has 0 bridgehead atoms. The predicted octanol–water partition coefficient (Wildman–Crippen LogP) is 2.09. The number of halogens is 1. The Labute approximate surface area is 143 Å². The van der Waals surface area contributed by atoms with Crippen LogP contribution in [0.4, 0.5) is 0 Å². The maximum Gasteiger partial charge on any atom is 0.241 e. The van der Waals surface area contributed by atoms with Crippen LogP contribution >= 0.6 is 12.4 Å². The van der Waals surface area contributed by atoms with Gasteiger partial charge in [-0.1, -0.05) is 19.3 Å². The third kappa shape index (κ3) is 3.91. The molecule has 0 aromatic heterocycles. The van der Waals surface area contributed by atoms with Crippen molar-refractivity contribution in [3.05, 3.63) is 17.7 Å². The first kappa shape index (κ1) is 18.3. The second kappa shape index (κ2) is 6.84. The van der Waals surface area contributed by atoms with E-state index in [9.17, 15) is 8.42 Å². The van der Waals surface area contributed by atoms with E-state index >= 15 is 0 Å². The third-order valence-electron chi connectivity index (χ3n) is 4.42. The number of ether oxygens (including phenoxy) is 2. The summed E-state index contributed by atoms with van der Waals surface area (Å²) < 4.78 is 38.3. The zero-order chi connectivity index (χ0) is 15.8. The maximum absolute atomic E-state index is 12.6. The highest BCUT2D eigenvalue weighted by Gasteiger charge is 2.30. The van der Waals surface area contributed by atoms with Gasteiger partial charge in [-0.3, -0.25) is 0 Å². The summed E-state index contributed by atoms with van der Waals surface area (Å²) >= 11 is 0. The molecule has 3 rings (SSSR count). The Balaban J connectivity index is 0.00000192. The van der Waals surface area contributed by atoms with Crippen molar-refractivity contribution in [3.8, 4) is 11.5 Å². The Morgan fingerprint density at radius 3 is 2.43 bits per heavy atom. The molecule has 1 fully saturated rings. The van der Waals surface area contributed by atoms with Crippen LogP contribution in [0.3, 0.4) is 0 Å². The van der Waals surface area contributed by atoms with E-state index in [1.807, 2.05) is 0 Å². The standard InChI is InChI=1S/C15H22N2O4S.ClH/c1-11-7-12-13(21-10-20-12)8-14(11)22(18,19)17-9-15(16)5-3-2-4-6-15;/h7-8,17H,2-6,9-10,16H2,1H3;1H. The van der Waals surface area contributed by atoms with Gasteiger partial charge < -0.3 is 15.2 Å². The second-order valence-electron chi connectivity index (χ2n) is 6.22. The highest BCUT2D eigenvalue weighted by molar-refractivity contribution is 7.89. The molecule has 1 saturated carbocycles. The molecule has 1 aliphatic heterocycles. The zero-order valence-corrected chi connectivity index (χ0v) is 14.8. The SMILES string of the molecule is Cc1cc2c(cc1S(=O)(=O)NCC1(N)CCCCC1)OCO2.Cl. The average molecular weight is 363 g/mol. The van der Waals surface area contributed by atoms with Crippen molar-refractivity contribution in [2.45, 2.75) is 49.5 Å². The topological polar surface area (TPSA) is 90.7 Å². The van der Waals surface area contributed by atoms with E-state index in [1.54, 1.807) is 13.0 Å². The van der Waals surface area contributed by atoms with Gasteiger partial charge in [0.2, 0.25) is 16.8 Å². The summed E-state index contributed by atoms with van der Waals surface area (Å²) in [6.07, 6.45) is 5.00. The van der Waals surface area contributed by atoms with Gasteiger partial charge in [0, 0.05) is 18.2 Å². The normalized spacial score (nSPS) is 19.2. The fourth-order valence-electron chi connectivity index (χ4n) is 3.06. The number of sulfonamides is 1. The van der Waals surface area contributed by atoms with Gasteiger partial charge >= 0.3 is 0 Å². The van der Waals surface area contributed by atoms with Crippen molar-refractivity contribution in [2.75, 3.05) is 13.3 Å². The van der Waals surface area contributed by atoms with Crippen molar-refractivity contribution in [3.63, 3.8) is 0 Å². The number of fused-ring (bicyclic) bond motifs is 1. The van der Waals surface area contributed by atoms with E-state index in [0.717, 1.165) is 25.7 Å². The number of benzene rings is 1. The minimum absolute atomic E-state index is 0. The molecule has 1 aliphatic carbocycles. The molecule has 1 heterocycles. The van der Waals surface area contributed by atoms with Crippen LogP contribution < -0.4 is 19.9 Å². The van der Waals surface area contributed by atoms with Crippen LogP contribution in [0.15, 0.2) is 17.0 Å². The average Bonchev–Trinajstić information content (AvgIpc) is 2.92. The van der Waals surface area contributed by atoms with Crippen LogP contribution in [0.25, 0.3) is 0 Å². The summed E-state index contributed by atoms with van der Waals surface area (Å²) in [7, 11) is -3.62. The van der Waals surface area contributed by atoms with Gasteiger partial charge in [0.1, 0.15) is 0 Å². The quantitative estimate of drug-likeness (QED) is 0.855. The first-order valence-corrected chi connectivity index (χ1v) is 9.07. The Hall–Kier alpha value is -1.02. The smallest absolute Gasteiger partial charge is 0.241 e. The molecule has 0 saturated heterocycles. The van der Waals surface area contributed by atoms with Crippen LogP contribution in [-0.2, 0) is 10.0 Å². The summed E-state index contributed by atoms with van der Waals surface area (Å²) in [4.78, 5) is 0.219. The molecule has 0 radical (unpaired) electrons. The molecule has 3 N–H and O–H groups in total. The minimum atomic E-state index is -3.62. The summed E-state index contributed by atoms with van der Waals surface area (Å²) in [5, 5.41) is 0. The van der Waals surface area contributed by atoms with E-state index < -0.39 is 15.6 Å². The zero-order valence-electron chi connectivity index (χ0n) is 13.1. The van der Waals surface area contributed by atoms with Gasteiger partial charge in [-0.05, 0) is 31.4 Å². The molecule has 1 aromatic rings. The Morgan fingerprint density at radius 1 is 1.17 bits per heavy atom. The third-order valence-corrected chi connectivity index (χ3v) is 5.97. The molecule has 2 aliphatic rings. The lowest BCUT2D eigenvalue weighted by Gasteiger charge is -2.33. The number of hydrogen-bond acceptors (Lipinski definition) is 5. The Morgan fingerprint density at radius 2 is 1.78 bits per heavy atom. The van der Waals surface area contributed by atoms with Crippen molar-refractivity contribution in [1.29, 1.82) is 0 Å². The molecule has 130 valence electrons. The van der Waals surface area contributed by atoms with Crippen LogP contribution in [0.1, 0.15) is 37.7 Å². The van der Waals surface area contributed by atoms with E-state index in [4.69, 9.17) is 15.2 Å². The van der Waals surface area contributed by atoms with Crippen molar-refractivity contribution in [2.24, 2.45) is 5.73 Å². The van der Waals surface area contributed by atoms with E-state index in [-0.39, 0.29) is 30.6 Å². The number of hydrogen-bond donors (Lipinski definition) is 2. The lowest BCUT2D eigenvalue weighted by molar-refractivity contribution is 0.174. The highest BCUT2D eigenvalue weighted by Crippen LogP contribution is 2.36. The fourth-order valence-corrected chi connectivity index (χ4v) is 4.44. The minimum Gasteiger partial charge on any atom is -0.454 e. The molecule has 6 nitrogen and oxygen atoms in total. The Kier molecular flexibility index (Phi) is 5.45. The first-order valence-electron chi connectivity index (χ1n) is 7.58. The maximum atomic E-state index is 12.6. The van der Waals surface area contributed by atoms with Crippen molar-refractivity contribution >= 4 is 22.4 Å². The number of aryl methyl sites for hydroxylation is 1. The van der Waals surface area contributed by atoms with Gasteiger partial charge in [-0.15, -0.1) is 12.4 Å². The van der Waals surface area contributed by atoms with Crippen LogP contribution in [-0.4, -0.2) is 27.3 Å². The predicted molar refractivity (Wildman–Crippen MR) is 89.7 cm³/mol. The second-order valence-corrected chi connectivity index (χ2v) is 7.95. The highest BCUT2D eigenvalue weighted by atomic mass is 35.5. The molecule has 8 heteroatoms. The van der Waals surface area contributed by atoms with Crippen molar-refractivity contribution in [1.82, 2.24) is 4.72 Å². The van der Waals surface area contributed by atoms with E-state index in [0.29, 0.717) is 17.1 Å². The molecule has 1 aromatic carbocycles. The van der Waals surface area contributed by atoms with E-state index in [2.05, 4.69) is 4.72 Å². The van der Waals surface area contributed by atoms with Crippen LogP contribution in [0, 0.1) is 6.92 Å². The monoisotopic (exact) mass is 362 g/mol. The molecule has 0 spiro atoms. The summed E-state index contributed by atoms with van der Waals surface area (Å²) in [6, 6.07) is 3.21. The van der Waals surface area contributed by atoms with Gasteiger partial charge in [0.05, 0.1) is 4.90 Å². The van der Waals surface area contributed by atoms with Crippen LogP contribution in [0.2, 0.25) is 0 Å². The van der Waals surface area contributed by atoms with Crippen molar-refractivity contribution < 1.29 is 17.9 Å². The largest absolute Gasteiger partial charge is 0.454 e. The number of nitrogens with two attached hydrogens (primary N) is 1. The van der Waals surface area contributed by atoms with Gasteiger partial charge in [-0.25, -0.2) is 13.1 Å². The van der Waals surface area contributed by atoms with E-state index in [1.165, 1.54) is 12.5 Å². The summed E-state index contributed by atoms with van der Waals surface area (Å²) in [5.74, 6) is 1.05. The van der Waals surface area contributed by atoms with Crippen LogP contribution in [0.5, 0.6) is 11.5 Å². The lowest BCUT2D eigenvalue weighted by Crippen LogP contribution is -2.51. The Bertz CT molecular complexity index is 672. The molecule has 0 unspecified atom stereocenters. The molecular formula is C15H23ClN2O4S. The lowest BCUT2D eigenvalue weighted by atomic mass is 9.83. The number of rotatable bonds is 4. The van der Waals surface area contributed by atoms with Gasteiger partial charge in [0.15, 0.2) is 11.5 Å². The first-order chi connectivity index (χ1) is 10.4. The molecule has 23 heavy (non-hydrogen) atoms. The molecule has 0 atom stereocenters. The summed E-state index contributed by atoms with van der Waals surface area (Å²) in [5.41, 5.74) is 6.50. The van der Waals surface area contributed by atoms with Gasteiger partial charge in [-0.2, -0.15) is 0 Å². The fraction of sp³-hybridized carbons (Fsp3) is 0.600.